The fourth-order valence-electron chi connectivity index (χ4n) is 2.76. The summed E-state index contributed by atoms with van der Waals surface area (Å²) in [6.45, 7) is 12.3. The van der Waals surface area contributed by atoms with Gasteiger partial charge in [-0.1, -0.05) is 62.6 Å². The van der Waals surface area contributed by atoms with E-state index in [9.17, 15) is 5.11 Å². The summed E-state index contributed by atoms with van der Waals surface area (Å²) < 4.78 is 0. The predicted octanol–water partition coefficient (Wildman–Crippen LogP) is 4.91. The lowest BCUT2D eigenvalue weighted by Crippen LogP contribution is -2.26. The summed E-state index contributed by atoms with van der Waals surface area (Å²) in [4.78, 5) is 2.23. The maximum Gasteiger partial charge on any atom is 0.0802 e. The van der Waals surface area contributed by atoms with Crippen LogP contribution in [0.3, 0.4) is 0 Å². The fourth-order valence-corrected chi connectivity index (χ4v) is 2.76. The van der Waals surface area contributed by atoms with E-state index in [-0.39, 0.29) is 0 Å². The molecule has 0 spiro atoms. The average Bonchev–Trinajstić information content (AvgIpc) is 2.57. The van der Waals surface area contributed by atoms with Gasteiger partial charge in [-0.15, -0.1) is 13.2 Å². The number of unbranched alkanes of at least 4 members (excludes halogenated alkanes) is 3. The summed E-state index contributed by atoms with van der Waals surface area (Å²) in [6.07, 6.45) is 10.4. The SMILES string of the molecule is C=CCN(CC=C)CCC(O)c1ccc(CCCCCC)cc1. The molecule has 0 aromatic heterocycles. The summed E-state index contributed by atoms with van der Waals surface area (Å²) in [5.41, 5.74) is 2.39. The number of aliphatic hydroxyl groups excluding tert-OH is 1. The highest BCUT2D eigenvalue weighted by Gasteiger charge is 2.10. The molecule has 1 atom stereocenters. The van der Waals surface area contributed by atoms with Gasteiger partial charge in [-0.2, -0.15) is 0 Å². The van der Waals surface area contributed by atoms with Gasteiger partial charge in [0.25, 0.3) is 0 Å². The van der Waals surface area contributed by atoms with Gasteiger partial charge in [0, 0.05) is 19.6 Å². The van der Waals surface area contributed by atoms with E-state index in [2.05, 4.69) is 49.2 Å². The van der Waals surface area contributed by atoms with Crippen LogP contribution < -0.4 is 0 Å². The molecule has 1 rings (SSSR count). The van der Waals surface area contributed by atoms with Crippen LogP contribution in [-0.4, -0.2) is 29.6 Å². The molecular formula is C21H33NO. The first kappa shape index (κ1) is 19.7. The van der Waals surface area contributed by atoms with Crippen molar-refractivity contribution in [3.8, 4) is 0 Å². The average molecular weight is 316 g/mol. The van der Waals surface area contributed by atoms with E-state index in [0.29, 0.717) is 0 Å². The minimum absolute atomic E-state index is 0.402. The van der Waals surface area contributed by atoms with E-state index in [4.69, 9.17) is 0 Å². The molecule has 0 radical (unpaired) electrons. The van der Waals surface area contributed by atoms with Crippen molar-refractivity contribution in [3.63, 3.8) is 0 Å². The Labute approximate surface area is 142 Å². The molecule has 0 saturated carbocycles. The van der Waals surface area contributed by atoms with Crippen molar-refractivity contribution < 1.29 is 5.11 Å². The molecule has 0 amide bonds. The first-order valence-electron chi connectivity index (χ1n) is 8.92. The molecule has 1 unspecified atom stereocenters. The maximum atomic E-state index is 10.4. The third-order valence-electron chi connectivity index (χ3n) is 4.18. The van der Waals surface area contributed by atoms with Crippen molar-refractivity contribution in [1.29, 1.82) is 0 Å². The van der Waals surface area contributed by atoms with Crippen LogP contribution in [0, 0.1) is 0 Å². The lowest BCUT2D eigenvalue weighted by molar-refractivity contribution is 0.148. The van der Waals surface area contributed by atoms with Crippen molar-refractivity contribution in [3.05, 3.63) is 60.7 Å². The van der Waals surface area contributed by atoms with Crippen molar-refractivity contribution in [2.75, 3.05) is 19.6 Å². The van der Waals surface area contributed by atoms with Crippen molar-refractivity contribution in [1.82, 2.24) is 4.90 Å². The number of rotatable bonds is 13. The first-order chi connectivity index (χ1) is 11.2. The Hall–Kier alpha value is -1.38. The zero-order valence-corrected chi connectivity index (χ0v) is 14.7. The number of nitrogens with zero attached hydrogens (tertiary/aromatic N) is 1. The first-order valence-corrected chi connectivity index (χ1v) is 8.92. The zero-order chi connectivity index (χ0) is 16.9. The Balaban J connectivity index is 2.41. The van der Waals surface area contributed by atoms with Crippen LogP contribution in [0.4, 0.5) is 0 Å². The summed E-state index contributed by atoms with van der Waals surface area (Å²) in [5, 5.41) is 10.4. The molecule has 0 saturated heterocycles. The zero-order valence-electron chi connectivity index (χ0n) is 14.7. The van der Waals surface area contributed by atoms with Crippen LogP contribution in [0.15, 0.2) is 49.6 Å². The summed E-state index contributed by atoms with van der Waals surface area (Å²) in [6, 6.07) is 8.47. The molecule has 0 heterocycles. The van der Waals surface area contributed by atoms with Crippen LogP contribution >= 0.6 is 0 Å². The number of aliphatic hydroxyl groups is 1. The fraction of sp³-hybridized carbons (Fsp3) is 0.524. The third kappa shape index (κ3) is 8.15. The Morgan fingerprint density at radius 3 is 2.26 bits per heavy atom. The highest BCUT2D eigenvalue weighted by Crippen LogP contribution is 2.18. The predicted molar refractivity (Wildman–Crippen MR) is 101 cm³/mol. The van der Waals surface area contributed by atoms with Crippen LogP contribution in [0.2, 0.25) is 0 Å². The highest BCUT2D eigenvalue weighted by atomic mass is 16.3. The van der Waals surface area contributed by atoms with E-state index in [0.717, 1.165) is 38.0 Å². The van der Waals surface area contributed by atoms with E-state index >= 15 is 0 Å². The highest BCUT2D eigenvalue weighted by molar-refractivity contribution is 5.24. The molecule has 0 fully saturated rings. The van der Waals surface area contributed by atoms with Gasteiger partial charge in [-0.25, -0.2) is 0 Å². The number of hydrogen-bond acceptors (Lipinski definition) is 2. The minimum atomic E-state index is -0.402. The van der Waals surface area contributed by atoms with Gasteiger partial charge in [0.15, 0.2) is 0 Å². The van der Waals surface area contributed by atoms with Crippen LogP contribution in [-0.2, 0) is 6.42 Å². The second-order valence-corrected chi connectivity index (χ2v) is 6.19. The van der Waals surface area contributed by atoms with Gasteiger partial charge in [-0.3, -0.25) is 4.90 Å². The van der Waals surface area contributed by atoms with Crippen molar-refractivity contribution in [2.24, 2.45) is 0 Å². The molecule has 23 heavy (non-hydrogen) atoms. The number of hydrogen-bond donors (Lipinski definition) is 1. The second-order valence-electron chi connectivity index (χ2n) is 6.19. The van der Waals surface area contributed by atoms with Crippen molar-refractivity contribution in [2.45, 2.75) is 51.6 Å². The molecule has 2 heteroatoms. The molecule has 0 aliphatic rings. The van der Waals surface area contributed by atoms with Crippen LogP contribution in [0.1, 0.15) is 56.3 Å². The molecular weight excluding hydrogens is 282 g/mol. The minimum Gasteiger partial charge on any atom is -0.388 e. The molecule has 0 aliphatic heterocycles. The lowest BCUT2D eigenvalue weighted by atomic mass is 10.0. The number of aryl methyl sites for hydroxylation is 1. The third-order valence-corrected chi connectivity index (χ3v) is 4.18. The molecule has 2 nitrogen and oxygen atoms in total. The quantitative estimate of drug-likeness (QED) is 0.413. The second kappa shape index (κ2) is 12.1. The summed E-state index contributed by atoms with van der Waals surface area (Å²) in [7, 11) is 0. The summed E-state index contributed by atoms with van der Waals surface area (Å²) in [5.74, 6) is 0. The standard InChI is InChI=1S/C21H33NO/c1-4-7-8-9-10-19-11-13-20(14-12-19)21(23)15-18-22(16-5-2)17-6-3/h5-6,11-14,21,23H,2-4,7-10,15-18H2,1H3. The monoisotopic (exact) mass is 315 g/mol. The van der Waals surface area contributed by atoms with Gasteiger partial charge in [0.1, 0.15) is 0 Å². The van der Waals surface area contributed by atoms with Gasteiger partial charge in [0.05, 0.1) is 6.10 Å². The largest absolute Gasteiger partial charge is 0.388 e. The number of benzene rings is 1. The molecule has 1 N–H and O–H groups in total. The van der Waals surface area contributed by atoms with Gasteiger partial charge < -0.3 is 5.11 Å². The normalized spacial score (nSPS) is 12.3. The van der Waals surface area contributed by atoms with Crippen molar-refractivity contribution >= 4 is 0 Å². The molecule has 0 bridgehead atoms. The summed E-state index contributed by atoms with van der Waals surface area (Å²) >= 11 is 0. The van der Waals surface area contributed by atoms with E-state index in [1.807, 2.05) is 12.2 Å². The van der Waals surface area contributed by atoms with E-state index in [1.54, 1.807) is 0 Å². The lowest BCUT2D eigenvalue weighted by Gasteiger charge is -2.20. The molecule has 0 aliphatic carbocycles. The van der Waals surface area contributed by atoms with Gasteiger partial charge >= 0.3 is 0 Å². The Morgan fingerprint density at radius 2 is 1.70 bits per heavy atom. The maximum absolute atomic E-state index is 10.4. The van der Waals surface area contributed by atoms with Crippen LogP contribution in [0.5, 0.6) is 0 Å². The Bertz CT molecular complexity index is 428. The molecule has 1 aromatic carbocycles. The van der Waals surface area contributed by atoms with E-state index < -0.39 is 6.10 Å². The Morgan fingerprint density at radius 1 is 1.04 bits per heavy atom. The molecule has 1 aromatic rings. The smallest absolute Gasteiger partial charge is 0.0802 e. The topological polar surface area (TPSA) is 23.5 Å². The van der Waals surface area contributed by atoms with Crippen LogP contribution in [0.25, 0.3) is 0 Å². The van der Waals surface area contributed by atoms with Gasteiger partial charge in [-0.05, 0) is 30.4 Å². The molecule has 128 valence electrons. The Kier molecular flexibility index (Phi) is 10.3. The van der Waals surface area contributed by atoms with E-state index in [1.165, 1.54) is 31.2 Å². The van der Waals surface area contributed by atoms with Gasteiger partial charge in [0.2, 0.25) is 0 Å².